The maximum absolute atomic E-state index is 9.69. The van der Waals surface area contributed by atoms with E-state index in [2.05, 4.69) is 6.92 Å². The summed E-state index contributed by atoms with van der Waals surface area (Å²) < 4.78 is 6.07. The second kappa shape index (κ2) is 10.8. The largest absolute Gasteiger partial charge is 0.478 e. The van der Waals surface area contributed by atoms with Crippen molar-refractivity contribution >= 4 is 5.90 Å². The van der Waals surface area contributed by atoms with Gasteiger partial charge in [0.1, 0.15) is 6.10 Å². The number of aliphatic hydroxyl groups excluding tert-OH is 1. The summed E-state index contributed by atoms with van der Waals surface area (Å²) in [7, 11) is 0. The molecule has 3 rings (SSSR count). The molecule has 0 saturated heterocycles. The van der Waals surface area contributed by atoms with Crippen LogP contribution in [0.15, 0.2) is 0 Å². The minimum atomic E-state index is -0.0413. The molecule has 0 bridgehead atoms. The zero-order chi connectivity index (χ0) is 16.9. The smallest absolute Gasteiger partial charge is 0.183 e. The molecule has 2 N–H and O–H groups in total. The summed E-state index contributed by atoms with van der Waals surface area (Å²) in [6.45, 7) is 2.18. The Morgan fingerprint density at radius 3 is 1.92 bits per heavy atom. The predicted molar refractivity (Wildman–Crippen MR) is 98.3 cm³/mol. The molecule has 25 heavy (non-hydrogen) atoms. The molecule has 4 heteroatoms. The molecular formula is C21H37NO2Y. The van der Waals surface area contributed by atoms with E-state index in [1.54, 1.807) is 0 Å². The summed E-state index contributed by atoms with van der Waals surface area (Å²) in [5.74, 6) is 3.26. The van der Waals surface area contributed by atoms with E-state index in [-0.39, 0.29) is 44.9 Å². The number of hydrogen-bond donors (Lipinski definition) is 2. The molecule has 0 aromatic heterocycles. The van der Waals surface area contributed by atoms with E-state index in [1.165, 1.54) is 57.8 Å². The van der Waals surface area contributed by atoms with E-state index in [4.69, 9.17) is 10.1 Å². The monoisotopic (exact) mass is 424 g/mol. The van der Waals surface area contributed by atoms with E-state index in [1.807, 2.05) is 0 Å². The molecule has 0 heterocycles. The Balaban J connectivity index is 0.00000225. The fourth-order valence-corrected chi connectivity index (χ4v) is 5.42. The Morgan fingerprint density at radius 1 is 0.840 bits per heavy atom. The number of hydrogen-bond acceptors (Lipinski definition) is 3. The summed E-state index contributed by atoms with van der Waals surface area (Å²) in [5, 5.41) is 18.1. The van der Waals surface area contributed by atoms with Crippen LogP contribution in [-0.2, 0) is 37.4 Å². The van der Waals surface area contributed by atoms with E-state index in [9.17, 15) is 5.11 Å². The van der Waals surface area contributed by atoms with Gasteiger partial charge in [-0.2, -0.15) is 0 Å². The molecule has 0 aliphatic heterocycles. The standard InChI is InChI=1S/C21H37NO2.Y/c1-15(16-5-3-2-4-6-16)24-21(22)19-9-7-17(8-10-19)18-11-13-20(23)14-12-18;/h15-20,22-23H,2-14H2,1H3;. The van der Waals surface area contributed by atoms with Gasteiger partial charge in [-0.05, 0) is 88.9 Å². The number of rotatable bonds is 4. The zero-order valence-corrected chi connectivity index (χ0v) is 18.9. The predicted octanol–water partition coefficient (Wildman–Crippen LogP) is 5.30. The van der Waals surface area contributed by atoms with Crippen molar-refractivity contribution in [1.29, 1.82) is 5.41 Å². The van der Waals surface area contributed by atoms with Crippen LogP contribution in [0.25, 0.3) is 0 Å². The van der Waals surface area contributed by atoms with Crippen molar-refractivity contribution in [1.82, 2.24) is 0 Å². The maximum atomic E-state index is 9.69. The number of nitrogens with one attached hydrogen (secondary N) is 1. The fraction of sp³-hybridized carbons (Fsp3) is 0.952. The second-order valence-electron chi connectivity index (χ2n) is 8.77. The quantitative estimate of drug-likeness (QED) is 0.475. The van der Waals surface area contributed by atoms with Crippen LogP contribution >= 0.6 is 0 Å². The summed E-state index contributed by atoms with van der Waals surface area (Å²) in [6, 6.07) is 0. The zero-order valence-electron chi connectivity index (χ0n) is 16.1. The summed E-state index contributed by atoms with van der Waals surface area (Å²) in [6.07, 6.45) is 16.0. The average Bonchev–Trinajstić information content (AvgIpc) is 2.63. The third kappa shape index (κ3) is 6.28. The second-order valence-corrected chi connectivity index (χ2v) is 8.77. The number of aliphatic hydroxyl groups is 1. The SMILES string of the molecule is CC(OC(=N)C1CCC(C2CCC(O)CC2)CC1)C1CCCCC1.[Y]. The Labute approximate surface area is 179 Å². The molecule has 3 aliphatic carbocycles. The van der Waals surface area contributed by atoms with Gasteiger partial charge in [-0.1, -0.05) is 19.3 Å². The molecule has 0 amide bonds. The van der Waals surface area contributed by atoms with E-state index in [0.717, 1.165) is 37.5 Å². The molecule has 0 aromatic rings. The molecule has 141 valence electrons. The molecular weight excluding hydrogens is 387 g/mol. The first-order chi connectivity index (χ1) is 11.6. The van der Waals surface area contributed by atoms with Crippen LogP contribution in [0, 0.1) is 29.1 Å². The topological polar surface area (TPSA) is 53.3 Å². The van der Waals surface area contributed by atoms with Crippen LogP contribution in [0.5, 0.6) is 0 Å². The van der Waals surface area contributed by atoms with Crippen molar-refractivity contribution in [2.75, 3.05) is 0 Å². The Hall–Kier alpha value is 0.534. The van der Waals surface area contributed by atoms with Crippen LogP contribution in [0.1, 0.15) is 90.4 Å². The third-order valence-corrected chi connectivity index (χ3v) is 7.18. The molecule has 3 fully saturated rings. The van der Waals surface area contributed by atoms with Gasteiger partial charge >= 0.3 is 0 Å². The van der Waals surface area contributed by atoms with Gasteiger partial charge in [-0.3, -0.25) is 5.41 Å². The van der Waals surface area contributed by atoms with Gasteiger partial charge in [0.25, 0.3) is 0 Å². The van der Waals surface area contributed by atoms with Crippen molar-refractivity contribution in [3.63, 3.8) is 0 Å². The van der Waals surface area contributed by atoms with Gasteiger partial charge in [0.2, 0.25) is 0 Å². The first-order valence-electron chi connectivity index (χ1n) is 10.6. The molecule has 0 aromatic carbocycles. The summed E-state index contributed by atoms with van der Waals surface area (Å²) in [4.78, 5) is 0. The average molecular weight is 424 g/mol. The first-order valence-corrected chi connectivity index (χ1v) is 10.6. The molecule has 1 unspecified atom stereocenters. The van der Waals surface area contributed by atoms with Crippen LogP contribution in [-0.4, -0.2) is 23.2 Å². The molecule has 3 saturated carbocycles. The Bertz CT molecular complexity index is 395. The maximum Gasteiger partial charge on any atom is 0.183 e. The van der Waals surface area contributed by atoms with Crippen LogP contribution in [0.2, 0.25) is 0 Å². The van der Waals surface area contributed by atoms with Gasteiger partial charge in [0.05, 0.1) is 6.10 Å². The molecule has 1 radical (unpaired) electrons. The Kier molecular flexibility index (Phi) is 9.40. The van der Waals surface area contributed by atoms with Crippen LogP contribution < -0.4 is 0 Å². The van der Waals surface area contributed by atoms with Crippen molar-refractivity contribution in [3.8, 4) is 0 Å². The third-order valence-electron chi connectivity index (χ3n) is 7.18. The fourth-order valence-electron chi connectivity index (χ4n) is 5.42. The molecule has 1 atom stereocenters. The van der Waals surface area contributed by atoms with E-state index in [0.29, 0.717) is 17.7 Å². The first kappa shape index (κ1) is 21.8. The molecule has 3 nitrogen and oxygen atoms in total. The minimum Gasteiger partial charge on any atom is -0.478 e. The van der Waals surface area contributed by atoms with Gasteiger partial charge in [-0.15, -0.1) is 0 Å². The summed E-state index contributed by atoms with van der Waals surface area (Å²) in [5.41, 5.74) is 0. The molecule has 3 aliphatic rings. The normalized spacial score (nSPS) is 35.4. The van der Waals surface area contributed by atoms with Gasteiger partial charge in [-0.25, -0.2) is 0 Å². The van der Waals surface area contributed by atoms with Gasteiger partial charge in [0.15, 0.2) is 5.90 Å². The number of ether oxygens (including phenoxy) is 1. The van der Waals surface area contributed by atoms with Crippen molar-refractivity contribution in [2.45, 2.75) is 103 Å². The van der Waals surface area contributed by atoms with Gasteiger partial charge in [0, 0.05) is 38.6 Å². The van der Waals surface area contributed by atoms with Crippen LogP contribution in [0.3, 0.4) is 0 Å². The summed E-state index contributed by atoms with van der Waals surface area (Å²) >= 11 is 0. The minimum absolute atomic E-state index is 0. The van der Waals surface area contributed by atoms with E-state index >= 15 is 0 Å². The van der Waals surface area contributed by atoms with Crippen molar-refractivity contribution < 1.29 is 42.6 Å². The van der Waals surface area contributed by atoms with Crippen LogP contribution in [0.4, 0.5) is 0 Å². The Morgan fingerprint density at radius 2 is 1.36 bits per heavy atom. The van der Waals surface area contributed by atoms with E-state index < -0.39 is 0 Å². The van der Waals surface area contributed by atoms with Gasteiger partial charge < -0.3 is 9.84 Å². The van der Waals surface area contributed by atoms with Crippen molar-refractivity contribution in [2.24, 2.45) is 23.7 Å². The molecule has 0 spiro atoms. The van der Waals surface area contributed by atoms with Crippen molar-refractivity contribution in [3.05, 3.63) is 0 Å².